The third-order valence-corrected chi connectivity index (χ3v) is 8.17. The molecule has 1 atom stereocenters. The van der Waals surface area contributed by atoms with Crippen molar-refractivity contribution < 1.29 is 23.0 Å². The van der Waals surface area contributed by atoms with Gasteiger partial charge in [0.05, 0.1) is 30.4 Å². The molecule has 6 rings (SSSR count). The monoisotopic (exact) mass is 595 g/mol. The quantitative estimate of drug-likeness (QED) is 0.253. The largest absolute Gasteiger partial charge is 0.473 e. The third kappa shape index (κ3) is 6.25. The van der Waals surface area contributed by atoms with Crippen LogP contribution in [0.5, 0.6) is 5.88 Å². The zero-order valence-electron chi connectivity index (χ0n) is 23.3. The Morgan fingerprint density at radius 1 is 1.12 bits per heavy atom. The maximum absolute atomic E-state index is 15.3. The molecule has 220 valence electrons. The Morgan fingerprint density at radius 3 is 2.64 bits per heavy atom. The first-order valence-electron chi connectivity index (χ1n) is 14.2. The van der Waals surface area contributed by atoms with Crippen LogP contribution < -0.4 is 10.1 Å². The van der Waals surface area contributed by atoms with E-state index in [1.807, 2.05) is 18.2 Å². The highest BCUT2D eigenvalue weighted by molar-refractivity contribution is 6.30. The van der Waals surface area contributed by atoms with Crippen LogP contribution in [0.25, 0.3) is 11.0 Å². The Balaban J connectivity index is 1.12. The van der Waals surface area contributed by atoms with Crippen LogP contribution in [0.4, 0.5) is 14.5 Å². The number of rotatable bonds is 9. The van der Waals surface area contributed by atoms with Crippen LogP contribution in [0.3, 0.4) is 0 Å². The summed E-state index contributed by atoms with van der Waals surface area (Å²) in [6.07, 6.45) is 2.84. The second-order valence-electron chi connectivity index (χ2n) is 10.9. The number of imidazole rings is 1. The average molecular weight is 596 g/mol. The van der Waals surface area contributed by atoms with Crippen molar-refractivity contribution in [2.45, 2.75) is 57.9 Å². The lowest BCUT2D eigenvalue weighted by molar-refractivity contribution is -0.114. The van der Waals surface area contributed by atoms with Gasteiger partial charge in [-0.3, -0.25) is 9.69 Å². The Morgan fingerprint density at radius 2 is 1.93 bits per heavy atom. The van der Waals surface area contributed by atoms with Crippen LogP contribution in [0, 0.1) is 11.6 Å². The predicted molar refractivity (Wildman–Crippen MR) is 156 cm³/mol. The van der Waals surface area contributed by atoms with E-state index in [2.05, 4.69) is 14.8 Å². The molecule has 2 aliphatic heterocycles. The molecular weight excluding hydrogens is 564 g/mol. The van der Waals surface area contributed by atoms with E-state index in [-0.39, 0.29) is 35.7 Å². The number of nitrogens with zero attached hydrogens (tertiary/aromatic N) is 4. The lowest BCUT2D eigenvalue weighted by atomic mass is 9.93. The van der Waals surface area contributed by atoms with Crippen LogP contribution in [0.15, 0.2) is 48.5 Å². The second kappa shape index (κ2) is 12.3. The van der Waals surface area contributed by atoms with Gasteiger partial charge < -0.3 is 19.4 Å². The zero-order chi connectivity index (χ0) is 29.2. The minimum Gasteiger partial charge on any atom is -0.473 e. The van der Waals surface area contributed by atoms with Gasteiger partial charge in [0.1, 0.15) is 23.8 Å². The summed E-state index contributed by atoms with van der Waals surface area (Å²) in [5.74, 6) is 0.230. The molecule has 4 aromatic rings. The fraction of sp³-hybridized carbons (Fsp3) is 0.387. The van der Waals surface area contributed by atoms with Crippen molar-refractivity contribution in [2.75, 3.05) is 25.0 Å². The highest BCUT2D eigenvalue weighted by Crippen LogP contribution is 2.31. The molecular formula is C31H32ClF2N5O3. The van der Waals surface area contributed by atoms with E-state index in [1.54, 1.807) is 24.3 Å². The molecule has 11 heteroatoms. The molecule has 2 saturated heterocycles. The van der Waals surface area contributed by atoms with E-state index in [1.165, 1.54) is 13.0 Å². The number of hydrogen-bond donors (Lipinski definition) is 1. The van der Waals surface area contributed by atoms with E-state index in [0.717, 1.165) is 50.5 Å². The number of halogens is 3. The van der Waals surface area contributed by atoms with Crippen molar-refractivity contribution in [3.05, 3.63) is 82.3 Å². The number of aromatic nitrogens is 3. The van der Waals surface area contributed by atoms with Crippen molar-refractivity contribution in [3.63, 3.8) is 0 Å². The number of carbonyl (C=O) groups excluding carboxylic acids is 1. The molecule has 0 aliphatic carbocycles. The van der Waals surface area contributed by atoms with Crippen molar-refractivity contribution in [1.29, 1.82) is 0 Å². The molecule has 2 aromatic carbocycles. The fourth-order valence-electron chi connectivity index (χ4n) is 5.57. The normalized spacial score (nSPS) is 17.8. The first kappa shape index (κ1) is 28.5. The minimum absolute atomic E-state index is 0.0672. The van der Waals surface area contributed by atoms with Gasteiger partial charge in [-0.25, -0.2) is 18.7 Å². The molecule has 42 heavy (non-hydrogen) atoms. The SMILES string of the molecule is CC(=O)Nc1ccc2c(nc(CN3CCC(c4cccc(OCc5ccc(Cl)cc5F)n4)CC3)n2CC2CCO2)c1F. The van der Waals surface area contributed by atoms with Crippen LogP contribution in [0.1, 0.15) is 49.2 Å². The number of likely N-dealkylation sites (tertiary alicyclic amines) is 1. The molecule has 0 bridgehead atoms. The van der Waals surface area contributed by atoms with Crippen LogP contribution in [0.2, 0.25) is 5.02 Å². The smallest absolute Gasteiger partial charge is 0.221 e. The standard InChI is InChI=1S/C31H32ClF2N5O3/c1-19(40)35-26-7-8-27-31(30(26)34)37-28(39(27)16-23-11-14-41-23)17-38-12-9-20(10-13-38)25-3-2-4-29(36-25)42-18-21-5-6-22(32)15-24(21)33/h2-8,15,20,23H,9-14,16-18H2,1H3,(H,35,40). The van der Waals surface area contributed by atoms with Crippen molar-refractivity contribution >= 4 is 34.2 Å². The maximum Gasteiger partial charge on any atom is 0.221 e. The number of ether oxygens (including phenoxy) is 2. The van der Waals surface area contributed by atoms with E-state index < -0.39 is 11.6 Å². The Kier molecular flexibility index (Phi) is 8.37. The van der Waals surface area contributed by atoms with Gasteiger partial charge in [0.25, 0.3) is 0 Å². The minimum atomic E-state index is -0.525. The number of carbonyl (C=O) groups is 1. The van der Waals surface area contributed by atoms with E-state index in [9.17, 15) is 9.18 Å². The summed E-state index contributed by atoms with van der Waals surface area (Å²) >= 11 is 5.84. The molecule has 1 amide bonds. The molecule has 2 fully saturated rings. The first-order valence-corrected chi connectivity index (χ1v) is 14.5. The number of nitrogens with one attached hydrogen (secondary N) is 1. The Bertz CT molecular complexity index is 1600. The molecule has 4 heterocycles. The fourth-order valence-corrected chi connectivity index (χ4v) is 5.72. The number of piperidine rings is 1. The van der Waals surface area contributed by atoms with Gasteiger partial charge in [-0.15, -0.1) is 0 Å². The summed E-state index contributed by atoms with van der Waals surface area (Å²) in [7, 11) is 0. The van der Waals surface area contributed by atoms with Gasteiger partial charge in [0, 0.05) is 41.8 Å². The molecule has 1 unspecified atom stereocenters. The summed E-state index contributed by atoms with van der Waals surface area (Å²) < 4.78 is 43.0. The molecule has 0 saturated carbocycles. The summed E-state index contributed by atoms with van der Waals surface area (Å²) in [6.45, 7) is 5.00. The topological polar surface area (TPSA) is 81.5 Å². The summed E-state index contributed by atoms with van der Waals surface area (Å²) in [4.78, 5) is 23.3. The lowest BCUT2D eigenvalue weighted by Crippen LogP contribution is -2.35. The highest BCUT2D eigenvalue weighted by Gasteiger charge is 2.27. The second-order valence-corrected chi connectivity index (χ2v) is 11.3. The van der Waals surface area contributed by atoms with E-state index in [0.29, 0.717) is 35.1 Å². The number of anilines is 1. The first-order chi connectivity index (χ1) is 20.3. The van der Waals surface area contributed by atoms with Crippen LogP contribution >= 0.6 is 11.6 Å². The maximum atomic E-state index is 15.3. The Hall–Kier alpha value is -3.60. The number of amides is 1. The number of pyridine rings is 1. The predicted octanol–water partition coefficient (Wildman–Crippen LogP) is 6.07. The van der Waals surface area contributed by atoms with Gasteiger partial charge in [-0.1, -0.05) is 23.7 Å². The summed E-state index contributed by atoms with van der Waals surface area (Å²) in [5.41, 5.74) is 2.45. The van der Waals surface area contributed by atoms with Crippen molar-refractivity contribution in [2.24, 2.45) is 0 Å². The van der Waals surface area contributed by atoms with Crippen molar-refractivity contribution in [1.82, 2.24) is 19.4 Å². The van der Waals surface area contributed by atoms with E-state index in [4.69, 9.17) is 31.0 Å². The van der Waals surface area contributed by atoms with E-state index >= 15 is 4.39 Å². The van der Waals surface area contributed by atoms with Gasteiger partial charge in [0.2, 0.25) is 11.8 Å². The zero-order valence-corrected chi connectivity index (χ0v) is 24.0. The lowest BCUT2D eigenvalue weighted by Gasteiger charge is -2.32. The Labute approximate surface area is 247 Å². The molecule has 2 aliphatic rings. The average Bonchev–Trinajstić information content (AvgIpc) is 3.29. The molecule has 0 spiro atoms. The van der Waals surface area contributed by atoms with Crippen molar-refractivity contribution in [3.8, 4) is 5.88 Å². The third-order valence-electron chi connectivity index (χ3n) is 7.94. The number of benzene rings is 2. The van der Waals surface area contributed by atoms with Gasteiger partial charge in [0.15, 0.2) is 5.82 Å². The summed E-state index contributed by atoms with van der Waals surface area (Å²) in [6, 6.07) is 13.6. The number of hydrogen-bond acceptors (Lipinski definition) is 6. The molecule has 2 aromatic heterocycles. The van der Waals surface area contributed by atoms with Crippen LogP contribution in [-0.4, -0.2) is 51.1 Å². The van der Waals surface area contributed by atoms with Gasteiger partial charge in [-0.2, -0.15) is 0 Å². The molecule has 8 nitrogen and oxygen atoms in total. The highest BCUT2D eigenvalue weighted by atomic mass is 35.5. The molecule has 0 radical (unpaired) electrons. The van der Waals surface area contributed by atoms with Crippen LogP contribution in [-0.2, 0) is 29.2 Å². The molecule has 1 N–H and O–H groups in total. The van der Waals surface area contributed by atoms with Gasteiger partial charge in [-0.05, 0) is 62.7 Å². The van der Waals surface area contributed by atoms with Gasteiger partial charge >= 0.3 is 0 Å². The summed E-state index contributed by atoms with van der Waals surface area (Å²) in [5, 5.41) is 2.89. The number of fused-ring (bicyclic) bond motifs is 1.